The molecule has 136 valence electrons. The minimum Gasteiger partial charge on any atom is -0.299 e. The molecular weight excluding hydrogens is 308 g/mol. The van der Waals surface area contributed by atoms with Crippen molar-refractivity contribution in [1.82, 2.24) is 5.43 Å². The quantitative estimate of drug-likeness (QED) is 0.356. The van der Waals surface area contributed by atoms with Gasteiger partial charge in [0.25, 0.3) is 0 Å². The first-order valence-electron chi connectivity index (χ1n) is 9.83. The topological polar surface area (TPSA) is 41.1 Å². The van der Waals surface area contributed by atoms with Crippen LogP contribution in [0.3, 0.4) is 0 Å². The summed E-state index contributed by atoms with van der Waals surface area (Å²) in [5.41, 5.74) is 6.73. The molecule has 0 heterocycles. The third-order valence-corrected chi connectivity index (χ3v) is 4.60. The summed E-state index contributed by atoms with van der Waals surface area (Å²) in [6, 6.07) is 14.3. The molecule has 0 atom stereocenters. The van der Waals surface area contributed by atoms with E-state index in [1.807, 2.05) is 24.3 Å². The zero-order chi connectivity index (χ0) is 17.7. The number of hydrogen-bond donors (Lipinski definition) is 2. The molecule has 0 radical (unpaired) electrons. The molecule has 0 aliphatic rings. The Balaban J connectivity index is 1.54. The summed E-state index contributed by atoms with van der Waals surface area (Å²) in [6.07, 6.45) is 12.0. The van der Waals surface area contributed by atoms with E-state index in [0.717, 1.165) is 18.5 Å². The smallest absolute Gasteiger partial charge is 0.238 e. The van der Waals surface area contributed by atoms with Crippen molar-refractivity contribution in [3.8, 4) is 0 Å². The number of amides is 1. The van der Waals surface area contributed by atoms with Crippen LogP contribution in [0.1, 0.15) is 71.1 Å². The maximum absolute atomic E-state index is 11.9. The molecule has 25 heavy (non-hydrogen) atoms. The molecule has 0 saturated heterocycles. The van der Waals surface area contributed by atoms with Crippen LogP contribution in [-0.2, 0) is 4.79 Å². The van der Waals surface area contributed by atoms with Gasteiger partial charge in [0.05, 0.1) is 5.69 Å². The summed E-state index contributed by atoms with van der Waals surface area (Å²) in [5.74, 6) is 0.0658. The minimum atomic E-state index is 0.0658. The van der Waals surface area contributed by atoms with Gasteiger partial charge in [-0.2, -0.15) is 0 Å². The van der Waals surface area contributed by atoms with Crippen molar-refractivity contribution in [1.29, 1.82) is 0 Å². The lowest BCUT2D eigenvalue weighted by Crippen LogP contribution is -2.28. The fraction of sp³-hybridized carbons (Fsp3) is 0.500. The molecule has 0 fully saturated rings. The number of unbranched alkanes of at least 4 members (excludes halogenated alkanes) is 8. The van der Waals surface area contributed by atoms with E-state index in [1.54, 1.807) is 0 Å². The first-order chi connectivity index (χ1) is 12.3. The van der Waals surface area contributed by atoms with E-state index in [2.05, 4.69) is 36.0 Å². The molecule has 0 aromatic heterocycles. The van der Waals surface area contributed by atoms with Gasteiger partial charge >= 0.3 is 0 Å². The second kappa shape index (κ2) is 11.5. The zero-order valence-corrected chi connectivity index (χ0v) is 15.5. The number of fused-ring (bicyclic) bond motifs is 1. The molecule has 3 nitrogen and oxygen atoms in total. The van der Waals surface area contributed by atoms with E-state index in [0.29, 0.717) is 6.42 Å². The van der Waals surface area contributed by atoms with Crippen LogP contribution in [-0.4, -0.2) is 5.91 Å². The Kier molecular flexibility index (Phi) is 8.89. The van der Waals surface area contributed by atoms with Gasteiger partial charge in [0.2, 0.25) is 5.91 Å². The van der Waals surface area contributed by atoms with Gasteiger partial charge < -0.3 is 0 Å². The highest BCUT2D eigenvalue weighted by molar-refractivity contribution is 5.86. The molecule has 0 spiro atoms. The van der Waals surface area contributed by atoms with Crippen LogP contribution in [0.5, 0.6) is 0 Å². The van der Waals surface area contributed by atoms with Crippen molar-refractivity contribution in [3.05, 3.63) is 42.5 Å². The first kappa shape index (κ1) is 19.3. The SMILES string of the molecule is CCCCCCCCCCCC(=O)NNc1ccc2ccccc2c1. The highest BCUT2D eigenvalue weighted by atomic mass is 16.2. The van der Waals surface area contributed by atoms with E-state index in [9.17, 15) is 4.79 Å². The number of anilines is 1. The summed E-state index contributed by atoms with van der Waals surface area (Å²) in [5, 5.41) is 2.37. The van der Waals surface area contributed by atoms with Gasteiger partial charge in [0, 0.05) is 6.42 Å². The van der Waals surface area contributed by atoms with Crippen LogP contribution in [0.25, 0.3) is 10.8 Å². The van der Waals surface area contributed by atoms with Crippen LogP contribution >= 0.6 is 0 Å². The number of hydrazine groups is 1. The normalized spacial score (nSPS) is 10.8. The maximum atomic E-state index is 11.9. The molecule has 2 aromatic carbocycles. The predicted molar refractivity (Wildman–Crippen MR) is 108 cm³/mol. The zero-order valence-electron chi connectivity index (χ0n) is 15.5. The number of carbonyl (C=O) groups excluding carboxylic acids is 1. The van der Waals surface area contributed by atoms with Gasteiger partial charge in [0.15, 0.2) is 0 Å². The summed E-state index contributed by atoms with van der Waals surface area (Å²) in [7, 11) is 0. The predicted octanol–water partition coefficient (Wildman–Crippen LogP) is 6.20. The molecule has 0 unspecified atom stereocenters. The van der Waals surface area contributed by atoms with Crippen molar-refractivity contribution < 1.29 is 4.79 Å². The van der Waals surface area contributed by atoms with E-state index in [1.165, 1.54) is 55.7 Å². The van der Waals surface area contributed by atoms with Gasteiger partial charge in [-0.05, 0) is 29.3 Å². The summed E-state index contributed by atoms with van der Waals surface area (Å²) < 4.78 is 0. The van der Waals surface area contributed by atoms with Gasteiger partial charge in [0.1, 0.15) is 0 Å². The fourth-order valence-corrected chi connectivity index (χ4v) is 3.07. The molecule has 1 amide bonds. The molecule has 0 saturated carbocycles. The Hall–Kier alpha value is -2.03. The average Bonchev–Trinajstić information content (AvgIpc) is 2.65. The van der Waals surface area contributed by atoms with E-state index < -0.39 is 0 Å². The van der Waals surface area contributed by atoms with Gasteiger partial charge in [-0.3, -0.25) is 15.6 Å². The molecule has 2 N–H and O–H groups in total. The second-order valence-electron chi connectivity index (χ2n) is 6.81. The molecule has 3 heteroatoms. The van der Waals surface area contributed by atoms with Gasteiger partial charge in [-0.15, -0.1) is 0 Å². The Morgan fingerprint density at radius 2 is 1.44 bits per heavy atom. The van der Waals surface area contributed by atoms with Crippen molar-refractivity contribution in [2.75, 3.05) is 5.43 Å². The number of hydrogen-bond acceptors (Lipinski definition) is 2. The van der Waals surface area contributed by atoms with Crippen LogP contribution in [0.2, 0.25) is 0 Å². The minimum absolute atomic E-state index is 0.0658. The summed E-state index contributed by atoms with van der Waals surface area (Å²) >= 11 is 0. The first-order valence-corrected chi connectivity index (χ1v) is 9.83. The summed E-state index contributed by atoms with van der Waals surface area (Å²) in [4.78, 5) is 11.9. The van der Waals surface area contributed by atoms with E-state index >= 15 is 0 Å². The molecule has 0 aliphatic carbocycles. The van der Waals surface area contributed by atoms with Crippen molar-refractivity contribution in [3.63, 3.8) is 0 Å². The molecule has 0 aliphatic heterocycles. The Labute approximate surface area is 152 Å². The van der Waals surface area contributed by atoms with Crippen LogP contribution in [0.4, 0.5) is 5.69 Å². The maximum Gasteiger partial charge on any atom is 0.238 e. The summed E-state index contributed by atoms with van der Waals surface area (Å²) in [6.45, 7) is 2.25. The lowest BCUT2D eigenvalue weighted by molar-refractivity contribution is -0.120. The molecule has 2 aromatic rings. The van der Waals surface area contributed by atoms with E-state index in [4.69, 9.17) is 0 Å². The van der Waals surface area contributed by atoms with Gasteiger partial charge in [-0.25, -0.2) is 0 Å². The Morgan fingerprint density at radius 3 is 2.16 bits per heavy atom. The number of carbonyl (C=O) groups is 1. The van der Waals surface area contributed by atoms with E-state index in [-0.39, 0.29) is 5.91 Å². The molecule has 2 rings (SSSR count). The van der Waals surface area contributed by atoms with Crippen molar-refractivity contribution >= 4 is 22.4 Å². The highest BCUT2D eigenvalue weighted by Crippen LogP contribution is 2.18. The van der Waals surface area contributed by atoms with Crippen molar-refractivity contribution in [2.24, 2.45) is 0 Å². The van der Waals surface area contributed by atoms with Crippen LogP contribution in [0, 0.1) is 0 Å². The van der Waals surface area contributed by atoms with Gasteiger partial charge in [-0.1, -0.05) is 88.6 Å². The Bertz CT molecular complexity index is 639. The lowest BCUT2D eigenvalue weighted by Gasteiger charge is -2.09. The highest BCUT2D eigenvalue weighted by Gasteiger charge is 2.01. The fourth-order valence-electron chi connectivity index (χ4n) is 3.07. The third-order valence-electron chi connectivity index (χ3n) is 4.60. The number of benzene rings is 2. The van der Waals surface area contributed by atoms with Crippen LogP contribution in [0.15, 0.2) is 42.5 Å². The van der Waals surface area contributed by atoms with Crippen LogP contribution < -0.4 is 10.9 Å². The number of nitrogens with one attached hydrogen (secondary N) is 2. The number of rotatable bonds is 12. The lowest BCUT2D eigenvalue weighted by atomic mass is 10.1. The standard InChI is InChI=1S/C22H32N2O/c1-2-3-4-5-6-7-8-9-10-15-22(25)24-23-21-17-16-19-13-11-12-14-20(19)18-21/h11-14,16-18,23H,2-10,15H2,1H3,(H,24,25). The second-order valence-corrected chi connectivity index (χ2v) is 6.81. The molecule has 0 bridgehead atoms. The molecular formula is C22H32N2O. The van der Waals surface area contributed by atoms with Crippen molar-refractivity contribution in [2.45, 2.75) is 71.1 Å². The average molecular weight is 341 g/mol. The largest absolute Gasteiger partial charge is 0.299 e. The Morgan fingerprint density at radius 1 is 0.800 bits per heavy atom. The monoisotopic (exact) mass is 340 g/mol. The third kappa shape index (κ3) is 7.59.